The number of carbonyl (C=O) groups is 1. The molecular weight excluding hydrogens is 360 g/mol. The van der Waals surface area contributed by atoms with Gasteiger partial charge < -0.3 is 29.9 Å². The zero-order chi connectivity index (χ0) is 19.7. The number of piperidine rings is 1. The highest BCUT2D eigenvalue weighted by molar-refractivity contribution is 5.67. The minimum absolute atomic E-state index is 0.0319. The van der Waals surface area contributed by atoms with Crippen molar-refractivity contribution >= 4 is 5.97 Å². The van der Waals surface area contributed by atoms with Gasteiger partial charge in [0.25, 0.3) is 0 Å². The Labute approximate surface area is 164 Å². The van der Waals surface area contributed by atoms with Gasteiger partial charge in [-0.1, -0.05) is 6.07 Å². The Kier molecular flexibility index (Phi) is 3.96. The van der Waals surface area contributed by atoms with Crippen LogP contribution in [0.2, 0.25) is 0 Å². The lowest BCUT2D eigenvalue weighted by Crippen LogP contribution is -2.78. The first-order valence-electron chi connectivity index (χ1n) is 10.2. The molecule has 2 aliphatic carbocycles. The van der Waals surface area contributed by atoms with E-state index < -0.39 is 5.97 Å². The number of benzene rings is 1. The average Bonchev–Trinajstić information content (AvgIpc) is 3.03. The number of aromatic hydroxyl groups is 1. The maximum atomic E-state index is 11.0. The van der Waals surface area contributed by atoms with Gasteiger partial charge in [0, 0.05) is 31.3 Å². The summed E-state index contributed by atoms with van der Waals surface area (Å²) in [5, 5.41) is 23.0. The molecule has 2 bridgehead atoms. The number of phenolic OH excluding ortho intramolecular Hbond substituents is 1. The number of methoxy groups -OCH3 is 1. The summed E-state index contributed by atoms with van der Waals surface area (Å²) in [6.45, 7) is 1.36. The second-order valence-electron chi connectivity index (χ2n) is 8.74. The summed E-state index contributed by atoms with van der Waals surface area (Å²) < 4.78 is 12.9. The SMILES string of the molecule is CO[C@@]12CCC(NCCC(=O)O)C3Oc4c(O)ccc5c4[C@@]31CCN(C)[C@@H]2C5. The minimum Gasteiger partial charge on any atom is -0.504 e. The standard InChI is InChI=1S/C21H28N2O5/c1-23-10-8-20-17-12-3-4-14(24)18(17)28-19(20)13(22-9-6-16(25)26)5-7-21(20,27-2)15(23)11-12/h3-4,13,15,19,22,24H,5-11H2,1-2H3,(H,25,26)/t13?,15-,19?,20+,21-/m1/s1. The lowest BCUT2D eigenvalue weighted by atomic mass is 9.48. The van der Waals surface area contributed by atoms with Crippen molar-refractivity contribution in [3.63, 3.8) is 0 Å². The Morgan fingerprint density at radius 3 is 3.00 bits per heavy atom. The van der Waals surface area contributed by atoms with Crippen molar-refractivity contribution in [1.82, 2.24) is 10.2 Å². The fraction of sp³-hybridized carbons (Fsp3) is 0.667. The third-order valence-electron chi connectivity index (χ3n) is 7.80. The van der Waals surface area contributed by atoms with Crippen LogP contribution in [0, 0.1) is 0 Å². The van der Waals surface area contributed by atoms with Crippen LogP contribution in [0.3, 0.4) is 0 Å². The number of phenols is 1. The van der Waals surface area contributed by atoms with Crippen LogP contribution in [-0.2, 0) is 21.4 Å². The van der Waals surface area contributed by atoms with E-state index >= 15 is 0 Å². The summed E-state index contributed by atoms with van der Waals surface area (Å²) in [5.74, 6) is -0.00616. The van der Waals surface area contributed by atoms with Gasteiger partial charge in [-0.05, 0) is 50.9 Å². The normalized spacial score (nSPS) is 38.0. The van der Waals surface area contributed by atoms with E-state index in [9.17, 15) is 9.90 Å². The number of likely N-dealkylation sites (N-methyl/N-ethyl adjacent to an activating group) is 1. The van der Waals surface area contributed by atoms with Gasteiger partial charge in [0.1, 0.15) is 6.10 Å². The number of likely N-dealkylation sites (tertiary alicyclic amines) is 1. The fourth-order valence-electron chi connectivity index (χ4n) is 6.71. The Morgan fingerprint density at radius 2 is 2.25 bits per heavy atom. The number of hydrogen-bond acceptors (Lipinski definition) is 6. The zero-order valence-corrected chi connectivity index (χ0v) is 16.4. The highest BCUT2D eigenvalue weighted by Crippen LogP contribution is 2.66. The van der Waals surface area contributed by atoms with Crippen LogP contribution in [0.15, 0.2) is 12.1 Å². The number of nitrogens with zero attached hydrogens (tertiary/aromatic N) is 1. The molecule has 28 heavy (non-hydrogen) atoms. The highest BCUT2D eigenvalue weighted by atomic mass is 16.5. The average molecular weight is 388 g/mol. The molecule has 7 heteroatoms. The van der Waals surface area contributed by atoms with Gasteiger partial charge in [-0.2, -0.15) is 0 Å². The monoisotopic (exact) mass is 388 g/mol. The predicted molar refractivity (Wildman–Crippen MR) is 102 cm³/mol. The second-order valence-corrected chi connectivity index (χ2v) is 8.74. The number of carboxylic acids is 1. The van der Waals surface area contributed by atoms with E-state index in [0.29, 0.717) is 12.3 Å². The molecule has 0 radical (unpaired) electrons. The van der Waals surface area contributed by atoms with Gasteiger partial charge in [0.2, 0.25) is 0 Å². The van der Waals surface area contributed by atoms with Crippen molar-refractivity contribution < 1.29 is 24.5 Å². The van der Waals surface area contributed by atoms with Crippen molar-refractivity contribution in [3.05, 3.63) is 23.3 Å². The third kappa shape index (κ3) is 2.07. The Morgan fingerprint density at radius 1 is 1.43 bits per heavy atom. The zero-order valence-electron chi connectivity index (χ0n) is 16.4. The first-order chi connectivity index (χ1) is 13.4. The van der Waals surface area contributed by atoms with E-state index in [4.69, 9.17) is 14.6 Å². The van der Waals surface area contributed by atoms with E-state index in [1.54, 1.807) is 6.07 Å². The van der Waals surface area contributed by atoms with Crippen molar-refractivity contribution in [1.29, 1.82) is 0 Å². The van der Waals surface area contributed by atoms with E-state index in [-0.39, 0.29) is 41.4 Å². The Balaban J connectivity index is 1.64. The van der Waals surface area contributed by atoms with E-state index in [2.05, 4.69) is 17.3 Å². The van der Waals surface area contributed by atoms with Crippen LogP contribution >= 0.6 is 0 Å². The van der Waals surface area contributed by atoms with Gasteiger partial charge in [-0.15, -0.1) is 0 Å². The number of ether oxygens (including phenoxy) is 2. The Bertz CT molecular complexity index is 829. The number of aliphatic carboxylic acids is 1. The number of hydrogen-bond donors (Lipinski definition) is 3. The predicted octanol–water partition coefficient (Wildman–Crippen LogP) is 1.26. The number of nitrogens with one attached hydrogen (secondary N) is 1. The summed E-state index contributed by atoms with van der Waals surface area (Å²) in [4.78, 5) is 13.4. The smallest absolute Gasteiger partial charge is 0.304 e. The van der Waals surface area contributed by atoms with Crippen molar-refractivity contribution in [2.75, 3.05) is 27.2 Å². The largest absolute Gasteiger partial charge is 0.504 e. The van der Waals surface area contributed by atoms with Crippen LogP contribution in [0.25, 0.3) is 0 Å². The maximum Gasteiger partial charge on any atom is 0.304 e. The van der Waals surface area contributed by atoms with Gasteiger partial charge in [0.15, 0.2) is 11.5 Å². The molecule has 2 unspecified atom stereocenters. The molecule has 2 aliphatic heterocycles. The molecule has 1 aromatic carbocycles. The molecule has 5 rings (SSSR count). The highest BCUT2D eigenvalue weighted by Gasteiger charge is 2.73. The fourth-order valence-corrected chi connectivity index (χ4v) is 6.71. The molecule has 0 aromatic heterocycles. The lowest BCUT2D eigenvalue weighted by Gasteiger charge is -2.65. The maximum absolute atomic E-state index is 11.0. The van der Waals surface area contributed by atoms with Gasteiger partial charge >= 0.3 is 5.97 Å². The molecule has 4 aliphatic rings. The van der Waals surface area contributed by atoms with E-state index in [0.717, 1.165) is 37.8 Å². The van der Waals surface area contributed by atoms with Gasteiger partial charge in [0.05, 0.1) is 17.4 Å². The molecule has 7 nitrogen and oxygen atoms in total. The molecule has 152 valence electrons. The van der Waals surface area contributed by atoms with Crippen LogP contribution in [0.4, 0.5) is 0 Å². The summed E-state index contributed by atoms with van der Waals surface area (Å²) in [6.07, 6.45) is 3.45. The van der Waals surface area contributed by atoms with Gasteiger partial charge in [-0.3, -0.25) is 4.79 Å². The van der Waals surface area contributed by atoms with Crippen LogP contribution < -0.4 is 10.1 Å². The quantitative estimate of drug-likeness (QED) is 0.700. The van der Waals surface area contributed by atoms with Crippen molar-refractivity contribution in [2.45, 2.75) is 61.3 Å². The minimum atomic E-state index is -0.805. The van der Waals surface area contributed by atoms with E-state index in [1.807, 2.05) is 13.2 Å². The molecule has 1 saturated heterocycles. The van der Waals surface area contributed by atoms with E-state index in [1.165, 1.54) is 5.56 Å². The number of carboxylic acid groups (broad SMARTS) is 1. The van der Waals surface area contributed by atoms with Crippen LogP contribution in [0.5, 0.6) is 11.5 Å². The number of rotatable bonds is 5. The van der Waals surface area contributed by atoms with Crippen molar-refractivity contribution in [3.8, 4) is 11.5 Å². The molecule has 2 heterocycles. The molecule has 2 fully saturated rings. The summed E-state index contributed by atoms with van der Waals surface area (Å²) in [6, 6.07) is 4.07. The van der Waals surface area contributed by atoms with Crippen LogP contribution in [0.1, 0.15) is 36.8 Å². The molecule has 1 spiro atoms. The topological polar surface area (TPSA) is 91.3 Å². The molecule has 3 N–H and O–H groups in total. The Hall–Kier alpha value is -1.83. The summed E-state index contributed by atoms with van der Waals surface area (Å²) >= 11 is 0. The summed E-state index contributed by atoms with van der Waals surface area (Å²) in [5.41, 5.74) is 1.70. The first-order valence-corrected chi connectivity index (χ1v) is 10.2. The molecule has 1 aromatic rings. The molecule has 5 atom stereocenters. The molecular formula is C21H28N2O5. The first kappa shape index (κ1) is 18.2. The van der Waals surface area contributed by atoms with Crippen molar-refractivity contribution in [2.24, 2.45) is 0 Å². The lowest BCUT2D eigenvalue weighted by molar-refractivity contribution is -0.203. The van der Waals surface area contributed by atoms with Gasteiger partial charge in [-0.25, -0.2) is 0 Å². The summed E-state index contributed by atoms with van der Waals surface area (Å²) in [7, 11) is 3.99. The second kappa shape index (κ2) is 6.08. The van der Waals surface area contributed by atoms with Crippen LogP contribution in [-0.4, -0.2) is 72.1 Å². The molecule has 1 saturated carbocycles. The third-order valence-corrected chi connectivity index (χ3v) is 7.80. The molecule has 0 amide bonds.